The predicted octanol–water partition coefficient (Wildman–Crippen LogP) is 5.63. The van der Waals surface area contributed by atoms with Gasteiger partial charge in [0.25, 0.3) is 0 Å². The number of carbonyl (C=O) groups is 3. The van der Waals surface area contributed by atoms with Crippen molar-refractivity contribution in [2.45, 2.75) is 116 Å². The van der Waals surface area contributed by atoms with Crippen LogP contribution in [0, 0.1) is 0 Å². The van der Waals surface area contributed by atoms with Gasteiger partial charge >= 0.3 is 5.97 Å². The molecule has 2 amide bonds. The highest BCUT2D eigenvalue weighted by molar-refractivity contribution is 6.01. The summed E-state index contributed by atoms with van der Waals surface area (Å²) in [6.45, 7) is 2.25. The molecule has 5 heteroatoms. The zero-order valence-electron chi connectivity index (χ0n) is 17.7. The number of hydrogen-bond donors (Lipinski definition) is 1. The molecule has 5 nitrogen and oxygen atoms in total. The summed E-state index contributed by atoms with van der Waals surface area (Å²) >= 11 is 0. The number of amides is 2. The van der Waals surface area contributed by atoms with Gasteiger partial charge in [-0.25, -0.2) is 4.79 Å². The molecule has 1 rings (SSSR count). The molecule has 0 aromatic rings. The summed E-state index contributed by atoms with van der Waals surface area (Å²) in [5.74, 6) is -1.75. The Balaban J connectivity index is 1.96. The molecule has 1 atom stereocenters. The molecule has 0 saturated carbocycles. The molecule has 0 aromatic carbocycles. The van der Waals surface area contributed by atoms with Gasteiger partial charge in [0.05, 0.1) is 0 Å². The van der Waals surface area contributed by atoms with Crippen molar-refractivity contribution >= 4 is 17.8 Å². The van der Waals surface area contributed by atoms with Crippen LogP contribution < -0.4 is 0 Å². The number of hydrogen-bond acceptors (Lipinski definition) is 3. The molecule has 0 unspecified atom stereocenters. The number of rotatable bonds is 16. The maximum Gasteiger partial charge on any atom is 0.326 e. The van der Waals surface area contributed by atoms with E-state index in [4.69, 9.17) is 5.11 Å². The van der Waals surface area contributed by atoms with Crippen molar-refractivity contribution in [3.63, 3.8) is 0 Å². The quantitative estimate of drug-likeness (QED) is 0.272. The van der Waals surface area contributed by atoms with Crippen LogP contribution in [-0.2, 0) is 14.4 Å². The van der Waals surface area contributed by atoms with E-state index in [1.807, 2.05) is 0 Å². The summed E-state index contributed by atoms with van der Waals surface area (Å²) in [7, 11) is 0. The first-order chi connectivity index (χ1) is 13.6. The molecular weight excluding hydrogens is 354 g/mol. The lowest BCUT2D eigenvalue weighted by Gasteiger charge is -2.19. The van der Waals surface area contributed by atoms with E-state index in [1.54, 1.807) is 0 Å². The van der Waals surface area contributed by atoms with Crippen LogP contribution in [0.1, 0.15) is 110 Å². The summed E-state index contributed by atoms with van der Waals surface area (Å²) < 4.78 is 0. The lowest BCUT2D eigenvalue weighted by atomic mass is 10.1. The van der Waals surface area contributed by atoms with Gasteiger partial charge < -0.3 is 5.11 Å². The fraction of sp³-hybridized carbons (Fsp3) is 0.783. The zero-order valence-corrected chi connectivity index (χ0v) is 17.7. The molecule has 160 valence electrons. The highest BCUT2D eigenvalue weighted by Gasteiger charge is 2.39. The largest absolute Gasteiger partial charge is 0.480 e. The Morgan fingerprint density at radius 1 is 0.929 bits per heavy atom. The van der Waals surface area contributed by atoms with Crippen LogP contribution in [0.4, 0.5) is 0 Å². The number of aliphatic carboxylic acids is 1. The normalized spacial score (nSPS) is 17.0. The first-order valence-electron chi connectivity index (χ1n) is 11.3. The average Bonchev–Trinajstić information content (AvgIpc) is 3.06. The van der Waals surface area contributed by atoms with Gasteiger partial charge in [-0.3, -0.25) is 14.5 Å². The van der Waals surface area contributed by atoms with Crippen LogP contribution in [0.25, 0.3) is 0 Å². The second-order valence-electron chi connectivity index (χ2n) is 7.88. The van der Waals surface area contributed by atoms with Crippen LogP contribution in [-0.4, -0.2) is 33.8 Å². The lowest BCUT2D eigenvalue weighted by Crippen LogP contribution is -2.42. The van der Waals surface area contributed by atoms with Crippen LogP contribution in [0.2, 0.25) is 0 Å². The lowest BCUT2D eigenvalue weighted by molar-refractivity contribution is -0.154. The Bertz CT molecular complexity index is 501. The molecule has 1 fully saturated rings. The van der Waals surface area contributed by atoms with Crippen LogP contribution in [0.15, 0.2) is 12.2 Å². The Labute approximate surface area is 170 Å². The van der Waals surface area contributed by atoms with Crippen molar-refractivity contribution in [1.82, 2.24) is 4.90 Å². The number of carbonyl (C=O) groups excluding carboxylic acids is 2. The van der Waals surface area contributed by atoms with Crippen molar-refractivity contribution in [2.75, 3.05) is 0 Å². The molecule has 1 heterocycles. The van der Waals surface area contributed by atoms with E-state index in [-0.39, 0.29) is 31.1 Å². The van der Waals surface area contributed by atoms with Crippen molar-refractivity contribution in [3.8, 4) is 0 Å². The highest BCUT2D eigenvalue weighted by atomic mass is 16.4. The molecular formula is C23H39NO4. The second kappa shape index (κ2) is 15.3. The fourth-order valence-corrected chi connectivity index (χ4v) is 3.70. The highest BCUT2D eigenvalue weighted by Crippen LogP contribution is 2.21. The van der Waals surface area contributed by atoms with E-state index in [0.29, 0.717) is 0 Å². The van der Waals surface area contributed by atoms with E-state index < -0.39 is 12.0 Å². The van der Waals surface area contributed by atoms with E-state index in [1.165, 1.54) is 51.4 Å². The number of likely N-dealkylation sites (tertiary alicyclic amines) is 1. The monoisotopic (exact) mass is 393 g/mol. The number of nitrogens with zero attached hydrogens (tertiary/aromatic N) is 1. The number of carboxylic acids is 1. The maximum atomic E-state index is 12.1. The number of imide groups is 1. The van der Waals surface area contributed by atoms with E-state index >= 15 is 0 Å². The second-order valence-corrected chi connectivity index (χ2v) is 7.88. The van der Waals surface area contributed by atoms with E-state index in [9.17, 15) is 14.4 Å². The van der Waals surface area contributed by atoms with Crippen LogP contribution >= 0.6 is 0 Å². The summed E-state index contributed by atoms with van der Waals surface area (Å²) in [6.07, 6.45) is 20.7. The Kier molecular flexibility index (Phi) is 13.3. The van der Waals surface area contributed by atoms with Crippen molar-refractivity contribution in [3.05, 3.63) is 12.2 Å². The first kappa shape index (κ1) is 24.4. The minimum Gasteiger partial charge on any atom is -0.480 e. The Morgan fingerprint density at radius 3 is 2.04 bits per heavy atom. The Hall–Kier alpha value is -1.65. The summed E-state index contributed by atoms with van der Waals surface area (Å²) in [5.41, 5.74) is 0. The third-order valence-electron chi connectivity index (χ3n) is 5.42. The molecule has 0 bridgehead atoms. The molecule has 28 heavy (non-hydrogen) atoms. The van der Waals surface area contributed by atoms with Gasteiger partial charge in [-0.15, -0.1) is 0 Å². The van der Waals surface area contributed by atoms with Crippen LogP contribution in [0.5, 0.6) is 0 Å². The van der Waals surface area contributed by atoms with Crippen molar-refractivity contribution < 1.29 is 19.5 Å². The molecule has 0 aliphatic carbocycles. The summed E-state index contributed by atoms with van der Waals surface area (Å²) in [4.78, 5) is 36.0. The SMILES string of the molecule is CCCCCCCC/C=C\CCCCCCCC(=O)N1C(=O)CC[C@@H]1C(=O)O. The minimum atomic E-state index is -1.08. The minimum absolute atomic E-state index is 0.162. The molecule has 1 aliphatic heterocycles. The zero-order chi connectivity index (χ0) is 20.6. The van der Waals surface area contributed by atoms with Gasteiger partial charge in [0.1, 0.15) is 6.04 Å². The smallest absolute Gasteiger partial charge is 0.326 e. The van der Waals surface area contributed by atoms with Gasteiger partial charge in [-0.2, -0.15) is 0 Å². The van der Waals surface area contributed by atoms with E-state index in [2.05, 4.69) is 19.1 Å². The molecule has 1 aliphatic rings. The topological polar surface area (TPSA) is 74.7 Å². The van der Waals surface area contributed by atoms with Gasteiger partial charge in [0, 0.05) is 12.8 Å². The Morgan fingerprint density at radius 2 is 1.46 bits per heavy atom. The molecule has 1 saturated heterocycles. The third kappa shape index (κ3) is 10.0. The molecule has 0 aromatic heterocycles. The van der Waals surface area contributed by atoms with Gasteiger partial charge in [0.15, 0.2) is 0 Å². The van der Waals surface area contributed by atoms with Gasteiger partial charge in [-0.1, -0.05) is 70.4 Å². The maximum absolute atomic E-state index is 12.1. The first-order valence-corrected chi connectivity index (χ1v) is 11.3. The van der Waals surface area contributed by atoms with Gasteiger partial charge in [-0.05, 0) is 38.5 Å². The average molecular weight is 394 g/mol. The summed E-state index contributed by atoms with van der Waals surface area (Å²) in [5, 5.41) is 9.10. The third-order valence-corrected chi connectivity index (χ3v) is 5.42. The number of unbranched alkanes of at least 4 members (excludes halogenated alkanes) is 11. The standard InChI is InChI=1S/C23H39NO4/c1-2-3-4-5-6-7-8-9-10-11-12-13-14-15-16-17-21(25)24-20(23(27)28)18-19-22(24)26/h9-10,20H,2-8,11-19H2,1H3,(H,27,28)/b10-9-/t20-/m1/s1. The fourth-order valence-electron chi connectivity index (χ4n) is 3.70. The van der Waals surface area contributed by atoms with Crippen molar-refractivity contribution in [2.24, 2.45) is 0 Å². The number of carboxylic acid groups (broad SMARTS) is 1. The molecule has 0 spiro atoms. The van der Waals surface area contributed by atoms with Crippen LogP contribution in [0.3, 0.4) is 0 Å². The number of allylic oxidation sites excluding steroid dienone is 2. The van der Waals surface area contributed by atoms with Gasteiger partial charge in [0.2, 0.25) is 11.8 Å². The molecule has 1 N–H and O–H groups in total. The summed E-state index contributed by atoms with van der Waals surface area (Å²) in [6, 6.07) is -0.955. The molecule has 0 radical (unpaired) electrons. The van der Waals surface area contributed by atoms with E-state index in [0.717, 1.165) is 37.0 Å². The van der Waals surface area contributed by atoms with Crippen molar-refractivity contribution in [1.29, 1.82) is 0 Å². The predicted molar refractivity (Wildman–Crippen MR) is 112 cm³/mol.